The molecule has 126 valence electrons. The van der Waals surface area contributed by atoms with E-state index in [1.54, 1.807) is 0 Å². The zero-order valence-corrected chi connectivity index (χ0v) is 14.5. The van der Waals surface area contributed by atoms with Crippen LogP contribution in [0.1, 0.15) is 48.0 Å². The molecule has 1 aromatic rings. The smallest absolute Gasteiger partial charge is 0.256 e. The Hall–Kier alpha value is -1.11. The van der Waals surface area contributed by atoms with E-state index in [1.165, 1.54) is 0 Å². The van der Waals surface area contributed by atoms with Gasteiger partial charge >= 0.3 is 0 Å². The van der Waals surface area contributed by atoms with Gasteiger partial charge < -0.3 is 20.1 Å². The molecule has 0 radical (unpaired) electrons. The third kappa shape index (κ3) is 4.97. The number of amides is 1. The van der Waals surface area contributed by atoms with Crippen molar-refractivity contribution in [3.05, 3.63) is 17.0 Å². The number of carbonyl (C=O) groups is 1. The van der Waals surface area contributed by atoms with E-state index in [0.717, 1.165) is 39.1 Å². The van der Waals surface area contributed by atoms with Crippen LogP contribution in [0.5, 0.6) is 0 Å². The second-order valence-electron chi connectivity index (χ2n) is 5.86. The first kappa shape index (κ1) is 18.9. The molecule has 6 nitrogen and oxygen atoms in total. The van der Waals surface area contributed by atoms with Gasteiger partial charge in [0.15, 0.2) is 5.76 Å². The summed E-state index contributed by atoms with van der Waals surface area (Å²) in [6.07, 6.45) is 0.965. The summed E-state index contributed by atoms with van der Waals surface area (Å²) >= 11 is 0. The predicted molar refractivity (Wildman–Crippen MR) is 88.8 cm³/mol. The van der Waals surface area contributed by atoms with Gasteiger partial charge in [-0.1, -0.05) is 19.0 Å². The van der Waals surface area contributed by atoms with Gasteiger partial charge in [-0.05, 0) is 19.9 Å². The van der Waals surface area contributed by atoms with Crippen molar-refractivity contribution in [2.75, 3.05) is 39.3 Å². The molecule has 0 unspecified atom stereocenters. The van der Waals surface area contributed by atoms with Crippen LogP contribution in [0, 0.1) is 6.92 Å². The molecule has 1 aromatic heterocycles. The lowest BCUT2D eigenvalue weighted by Crippen LogP contribution is -2.44. The number of aromatic nitrogens is 1. The van der Waals surface area contributed by atoms with E-state index in [0.29, 0.717) is 23.6 Å². The van der Waals surface area contributed by atoms with Gasteiger partial charge in [-0.25, -0.2) is 0 Å². The first-order valence-electron chi connectivity index (χ1n) is 7.77. The number of rotatable bonds is 6. The van der Waals surface area contributed by atoms with Crippen LogP contribution in [0.3, 0.4) is 0 Å². The van der Waals surface area contributed by atoms with Crippen molar-refractivity contribution in [1.82, 2.24) is 20.7 Å². The maximum absolute atomic E-state index is 12.3. The van der Waals surface area contributed by atoms with Gasteiger partial charge in [-0.3, -0.25) is 4.79 Å². The maximum Gasteiger partial charge on any atom is 0.256 e. The molecule has 1 saturated heterocycles. The maximum atomic E-state index is 12.3. The number of hydrogen-bond acceptors (Lipinski definition) is 5. The average Bonchev–Trinajstić information content (AvgIpc) is 2.86. The minimum atomic E-state index is -0.0715. The Labute approximate surface area is 138 Å². The standard InChI is InChI=1S/C15H26N4O2.ClH/c1-11(2)14-13(12(3)18-21-14)15(20)17-5-4-8-19-9-6-16-7-10-19;/h11,16H,4-10H2,1-3H3,(H,17,20);1H. The van der Waals surface area contributed by atoms with E-state index in [2.05, 4.69) is 20.7 Å². The van der Waals surface area contributed by atoms with Gasteiger partial charge in [0.1, 0.15) is 5.56 Å². The molecular formula is C15H27ClN4O2. The Kier molecular flexibility index (Phi) is 7.85. The Morgan fingerprint density at radius 1 is 1.41 bits per heavy atom. The van der Waals surface area contributed by atoms with Gasteiger partial charge in [-0.15, -0.1) is 12.4 Å². The monoisotopic (exact) mass is 330 g/mol. The van der Waals surface area contributed by atoms with Crippen molar-refractivity contribution in [1.29, 1.82) is 0 Å². The largest absolute Gasteiger partial charge is 0.360 e. The van der Waals surface area contributed by atoms with Crippen molar-refractivity contribution in [3.63, 3.8) is 0 Å². The fourth-order valence-electron chi connectivity index (χ4n) is 2.59. The Morgan fingerprint density at radius 2 is 2.09 bits per heavy atom. The number of nitrogens with zero attached hydrogens (tertiary/aromatic N) is 2. The molecule has 2 N–H and O–H groups in total. The Balaban J connectivity index is 0.00000242. The molecule has 2 rings (SSSR count). The first-order chi connectivity index (χ1) is 10.1. The summed E-state index contributed by atoms with van der Waals surface area (Å²) in [6.45, 7) is 11.8. The quantitative estimate of drug-likeness (QED) is 0.774. The van der Waals surface area contributed by atoms with Gasteiger partial charge in [-0.2, -0.15) is 0 Å². The van der Waals surface area contributed by atoms with Crippen LogP contribution < -0.4 is 10.6 Å². The van der Waals surface area contributed by atoms with Crippen LogP contribution in [-0.2, 0) is 0 Å². The molecule has 1 aliphatic rings. The summed E-state index contributed by atoms with van der Waals surface area (Å²) in [5.74, 6) is 0.762. The predicted octanol–water partition coefficient (Wildman–Crippen LogP) is 1.55. The van der Waals surface area contributed by atoms with Crippen LogP contribution >= 0.6 is 12.4 Å². The second-order valence-corrected chi connectivity index (χ2v) is 5.86. The van der Waals surface area contributed by atoms with E-state index < -0.39 is 0 Å². The van der Waals surface area contributed by atoms with E-state index in [9.17, 15) is 4.79 Å². The Morgan fingerprint density at radius 3 is 2.73 bits per heavy atom. The SMILES string of the molecule is Cc1noc(C(C)C)c1C(=O)NCCCN1CCNCC1.Cl. The molecule has 1 amide bonds. The highest BCUT2D eigenvalue weighted by Crippen LogP contribution is 2.21. The van der Waals surface area contributed by atoms with Crippen molar-refractivity contribution in [2.45, 2.75) is 33.1 Å². The Bertz CT molecular complexity index is 470. The summed E-state index contributed by atoms with van der Waals surface area (Å²) in [5.41, 5.74) is 1.27. The van der Waals surface area contributed by atoms with E-state index in [1.807, 2.05) is 20.8 Å². The molecule has 1 aliphatic heterocycles. The van der Waals surface area contributed by atoms with Crippen LogP contribution in [0.4, 0.5) is 0 Å². The highest BCUT2D eigenvalue weighted by Gasteiger charge is 2.22. The lowest BCUT2D eigenvalue weighted by atomic mass is 10.0. The molecule has 0 saturated carbocycles. The number of nitrogens with one attached hydrogen (secondary N) is 2. The van der Waals surface area contributed by atoms with Crippen LogP contribution in [-0.4, -0.2) is 55.2 Å². The fourth-order valence-corrected chi connectivity index (χ4v) is 2.59. The number of carbonyl (C=O) groups excluding carboxylic acids is 1. The zero-order valence-electron chi connectivity index (χ0n) is 13.6. The van der Waals surface area contributed by atoms with Gasteiger partial charge in [0, 0.05) is 38.6 Å². The second kappa shape index (κ2) is 9.12. The van der Waals surface area contributed by atoms with Gasteiger partial charge in [0.2, 0.25) is 0 Å². The number of aryl methyl sites for hydroxylation is 1. The molecule has 7 heteroatoms. The lowest BCUT2D eigenvalue weighted by Gasteiger charge is -2.27. The van der Waals surface area contributed by atoms with Crippen molar-refractivity contribution in [2.24, 2.45) is 0 Å². The summed E-state index contributed by atoms with van der Waals surface area (Å²) in [4.78, 5) is 14.7. The first-order valence-corrected chi connectivity index (χ1v) is 7.77. The van der Waals surface area contributed by atoms with E-state index in [-0.39, 0.29) is 24.2 Å². The molecular weight excluding hydrogens is 304 g/mol. The van der Waals surface area contributed by atoms with Crippen molar-refractivity contribution < 1.29 is 9.32 Å². The number of piperazine rings is 1. The highest BCUT2D eigenvalue weighted by molar-refractivity contribution is 5.96. The van der Waals surface area contributed by atoms with Crippen molar-refractivity contribution >= 4 is 18.3 Å². The van der Waals surface area contributed by atoms with Crippen LogP contribution in [0.2, 0.25) is 0 Å². The fraction of sp³-hybridized carbons (Fsp3) is 0.733. The highest BCUT2D eigenvalue weighted by atomic mass is 35.5. The lowest BCUT2D eigenvalue weighted by molar-refractivity contribution is 0.0948. The molecule has 1 fully saturated rings. The molecule has 22 heavy (non-hydrogen) atoms. The number of halogens is 1. The molecule has 0 bridgehead atoms. The minimum absolute atomic E-state index is 0. The minimum Gasteiger partial charge on any atom is -0.360 e. The zero-order chi connectivity index (χ0) is 15.2. The van der Waals surface area contributed by atoms with Crippen LogP contribution in [0.15, 0.2) is 4.52 Å². The third-order valence-corrected chi connectivity index (χ3v) is 3.79. The third-order valence-electron chi connectivity index (χ3n) is 3.79. The molecule has 0 aliphatic carbocycles. The molecule has 2 heterocycles. The van der Waals surface area contributed by atoms with Crippen LogP contribution in [0.25, 0.3) is 0 Å². The molecule has 0 atom stereocenters. The summed E-state index contributed by atoms with van der Waals surface area (Å²) in [7, 11) is 0. The van der Waals surface area contributed by atoms with Gasteiger partial charge in [0.05, 0.1) is 5.69 Å². The van der Waals surface area contributed by atoms with Crippen molar-refractivity contribution in [3.8, 4) is 0 Å². The van der Waals surface area contributed by atoms with E-state index >= 15 is 0 Å². The summed E-state index contributed by atoms with van der Waals surface area (Å²) in [5, 5.41) is 10.2. The molecule has 0 aromatic carbocycles. The van der Waals surface area contributed by atoms with E-state index in [4.69, 9.17) is 4.52 Å². The normalized spacial score (nSPS) is 15.6. The topological polar surface area (TPSA) is 70.4 Å². The molecule has 0 spiro atoms. The average molecular weight is 331 g/mol. The number of hydrogen-bond donors (Lipinski definition) is 2. The summed E-state index contributed by atoms with van der Waals surface area (Å²) in [6, 6.07) is 0. The summed E-state index contributed by atoms with van der Waals surface area (Å²) < 4.78 is 5.25. The van der Waals surface area contributed by atoms with Gasteiger partial charge in [0.25, 0.3) is 5.91 Å².